The fourth-order valence-electron chi connectivity index (χ4n) is 5.74. The van der Waals surface area contributed by atoms with Gasteiger partial charge >= 0.3 is 0 Å². The lowest BCUT2D eigenvalue weighted by atomic mass is 10.0. The lowest BCUT2D eigenvalue weighted by molar-refractivity contribution is 0.0731. The molecule has 0 atom stereocenters. The number of carbonyl (C=O) groups excluding carboxylic acids is 2. The van der Waals surface area contributed by atoms with Gasteiger partial charge in [-0.15, -0.1) is 0 Å². The Morgan fingerprint density at radius 2 is 1.69 bits per heavy atom. The first-order valence-corrected chi connectivity index (χ1v) is 17.5. The number of nitrogens with zero attached hydrogens (tertiary/aromatic N) is 6. The number of nitrogens with one attached hydrogen (secondary N) is 1. The van der Waals surface area contributed by atoms with Crippen molar-refractivity contribution >= 4 is 33.4 Å². The number of benzene rings is 2. The van der Waals surface area contributed by atoms with Crippen molar-refractivity contribution < 1.29 is 27.1 Å². The van der Waals surface area contributed by atoms with Crippen LogP contribution in [0.25, 0.3) is 11.1 Å². The quantitative estimate of drug-likeness (QED) is 0.280. The topological polar surface area (TPSA) is 164 Å². The van der Waals surface area contributed by atoms with Gasteiger partial charge < -0.3 is 30.5 Å². The van der Waals surface area contributed by atoms with Crippen molar-refractivity contribution in [3.05, 3.63) is 89.1 Å². The second-order valence-electron chi connectivity index (χ2n) is 12.1. The number of rotatable bonds is 8. The molecule has 1 saturated heterocycles. The predicted molar refractivity (Wildman–Crippen MR) is 182 cm³/mol. The Bertz CT molecular complexity index is 1970. The van der Waals surface area contributed by atoms with Crippen LogP contribution in [0.1, 0.15) is 31.8 Å². The van der Waals surface area contributed by atoms with Gasteiger partial charge in [0.15, 0.2) is 9.84 Å². The minimum atomic E-state index is -4.15. The zero-order valence-corrected chi connectivity index (χ0v) is 28.0. The van der Waals surface area contributed by atoms with Gasteiger partial charge in [-0.25, -0.2) is 27.8 Å². The largest absolute Gasteiger partial charge is 0.491 e. The van der Waals surface area contributed by atoms with Crippen LogP contribution in [0.4, 0.5) is 16.2 Å². The molecule has 0 radical (unpaired) electrons. The average molecular weight is 689 g/mol. The molecule has 2 amide bonds. The van der Waals surface area contributed by atoms with Gasteiger partial charge in [0.1, 0.15) is 28.9 Å². The van der Waals surface area contributed by atoms with Gasteiger partial charge in [-0.2, -0.15) is 0 Å². The number of likely N-dealkylation sites (N-methyl/N-ethyl adjacent to an activating group) is 1. The van der Waals surface area contributed by atoms with Crippen LogP contribution in [-0.4, -0.2) is 104 Å². The van der Waals surface area contributed by atoms with E-state index in [0.717, 1.165) is 48.9 Å². The van der Waals surface area contributed by atoms with E-state index >= 15 is 4.39 Å². The summed E-state index contributed by atoms with van der Waals surface area (Å²) in [5.41, 5.74) is 8.34. The number of nitrogens with two attached hydrogens (primary N) is 1. The Balaban J connectivity index is 1.09. The smallest absolute Gasteiger partial charge is 0.254 e. The number of nitrogen functional groups attached to an aromatic ring is 1. The highest BCUT2D eigenvalue weighted by molar-refractivity contribution is 7.91. The molecule has 0 bridgehead atoms. The number of hydrogen-bond acceptors (Lipinski definition) is 11. The van der Waals surface area contributed by atoms with Crippen LogP contribution in [-0.2, 0) is 16.4 Å². The van der Waals surface area contributed by atoms with Crippen molar-refractivity contribution in [3.8, 4) is 16.9 Å². The van der Waals surface area contributed by atoms with Gasteiger partial charge in [0.25, 0.3) is 11.8 Å². The number of halogens is 1. The number of ether oxygens (including phenoxy) is 1. The maximum Gasteiger partial charge on any atom is 0.254 e. The van der Waals surface area contributed by atoms with E-state index in [1.807, 2.05) is 36.2 Å². The first-order valence-electron chi connectivity index (χ1n) is 15.8. The van der Waals surface area contributed by atoms with Crippen LogP contribution in [0.3, 0.4) is 0 Å². The Hall–Kier alpha value is -5.15. The van der Waals surface area contributed by atoms with Crippen molar-refractivity contribution in [3.63, 3.8) is 0 Å². The number of amides is 2. The van der Waals surface area contributed by atoms with E-state index in [1.54, 1.807) is 17.2 Å². The van der Waals surface area contributed by atoms with Crippen LogP contribution in [0, 0.1) is 12.7 Å². The third kappa shape index (κ3) is 7.47. The molecule has 256 valence electrons. The van der Waals surface area contributed by atoms with E-state index in [4.69, 9.17) is 10.5 Å². The third-order valence-electron chi connectivity index (χ3n) is 8.71. The Kier molecular flexibility index (Phi) is 9.74. The molecule has 2 aromatic heterocycles. The Morgan fingerprint density at radius 1 is 0.959 bits per heavy atom. The number of hydrogen-bond donors (Lipinski definition) is 2. The summed E-state index contributed by atoms with van der Waals surface area (Å²) in [6, 6.07) is 11.6. The van der Waals surface area contributed by atoms with Crippen LogP contribution in [0.5, 0.6) is 5.75 Å². The number of carbonyl (C=O) groups is 2. The summed E-state index contributed by atoms with van der Waals surface area (Å²) in [6.45, 7) is 5.11. The molecule has 0 unspecified atom stereocenters. The minimum absolute atomic E-state index is 0.0483. The van der Waals surface area contributed by atoms with Gasteiger partial charge in [-0.05, 0) is 61.5 Å². The van der Waals surface area contributed by atoms with E-state index in [-0.39, 0.29) is 42.9 Å². The maximum atomic E-state index is 15.6. The van der Waals surface area contributed by atoms with Crippen LogP contribution in [0.15, 0.2) is 66.0 Å². The zero-order chi connectivity index (χ0) is 34.7. The molecule has 6 rings (SSSR count). The van der Waals surface area contributed by atoms with E-state index in [2.05, 4.69) is 25.2 Å². The van der Waals surface area contributed by atoms with E-state index < -0.39 is 38.1 Å². The van der Waals surface area contributed by atoms with Gasteiger partial charge in [0.05, 0.1) is 17.9 Å². The lowest BCUT2D eigenvalue weighted by Crippen LogP contribution is -2.45. The SMILES string of the molecule is Cc1c(C(=O)N2CCOc3ccc(-c4ccc(N)nc4)cc3C2)ccc(S(=O)(=O)CCNC(=O)c2cnc(N3CCN(C)CC3)nc2)c1F. The summed E-state index contributed by atoms with van der Waals surface area (Å²) in [4.78, 5) is 44.3. The summed E-state index contributed by atoms with van der Waals surface area (Å²) in [5.74, 6) is -0.989. The average Bonchev–Trinajstić information content (AvgIpc) is 3.32. The Labute approximate surface area is 283 Å². The van der Waals surface area contributed by atoms with Crippen molar-refractivity contribution in [1.82, 2.24) is 30.1 Å². The zero-order valence-electron chi connectivity index (χ0n) is 27.2. The van der Waals surface area contributed by atoms with E-state index in [1.165, 1.54) is 25.4 Å². The van der Waals surface area contributed by atoms with Gasteiger partial charge in [0, 0.05) is 74.5 Å². The monoisotopic (exact) mass is 688 g/mol. The number of fused-ring (bicyclic) bond motifs is 1. The van der Waals surface area contributed by atoms with Gasteiger partial charge in [-0.1, -0.05) is 6.07 Å². The summed E-state index contributed by atoms with van der Waals surface area (Å²) < 4.78 is 47.8. The first kappa shape index (κ1) is 33.7. The van der Waals surface area contributed by atoms with Crippen LogP contribution in [0.2, 0.25) is 0 Å². The van der Waals surface area contributed by atoms with Crippen LogP contribution < -0.4 is 20.7 Å². The first-order chi connectivity index (χ1) is 23.5. The highest BCUT2D eigenvalue weighted by Gasteiger charge is 2.28. The lowest BCUT2D eigenvalue weighted by Gasteiger charge is -2.32. The van der Waals surface area contributed by atoms with Crippen molar-refractivity contribution in [2.75, 3.05) is 69.3 Å². The van der Waals surface area contributed by atoms with Gasteiger partial charge in [0.2, 0.25) is 5.95 Å². The molecule has 1 fully saturated rings. The molecule has 0 spiro atoms. The van der Waals surface area contributed by atoms with Gasteiger partial charge in [-0.3, -0.25) is 9.59 Å². The maximum absolute atomic E-state index is 15.6. The normalized spacial score (nSPS) is 15.2. The molecule has 13 nitrogen and oxygen atoms in total. The number of aromatic nitrogens is 3. The molecule has 49 heavy (non-hydrogen) atoms. The molecule has 2 aromatic carbocycles. The molecule has 15 heteroatoms. The third-order valence-corrected chi connectivity index (χ3v) is 10.4. The van der Waals surface area contributed by atoms with Crippen molar-refractivity contribution in [2.24, 2.45) is 0 Å². The molecule has 3 N–H and O–H groups in total. The van der Waals surface area contributed by atoms with Crippen molar-refractivity contribution in [2.45, 2.75) is 18.4 Å². The summed E-state index contributed by atoms with van der Waals surface area (Å²) in [7, 11) is -2.11. The molecule has 2 aliphatic heterocycles. The fourth-order valence-corrected chi connectivity index (χ4v) is 7.04. The van der Waals surface area contributed by atoms with Crippen molar-refractivity contribution in [1.29, 1.82) is 0 Å². The van der Waals surface area contributed by atoms with Crippen LogP contribution >= 0.6 is 0 Å². The molecular weight excluding hydrogens is 651 g/mol. The standard InChI is InChI=1S/C34H37FN8O5S/c1-22-27(33(45)43-14-15-48-28-6-3-23(17-25(28)21-43)24-4-8-30(36)38-18-24)5-7-29(31(22)35)49(46,47)16-9-37-32(44)26-19-39-34(40-20-26)42-12-10-41(2)11-13-42/h3-8,17-20H,9-16,21H2,1-2H3,(H2,36,38)(H,37,44). The number of sulfone groups is 1. The summed E-state index contributed by atoms with van der Waals surface area (Å²) in [5, 5.41) is 2.54. The highest BCUT2D eigenvalue weighted by atomic mass is 32.2. The number of piperazine rings is 1. The summed E-state index contributed by atoms with van der Waals surface area (Å²) >= 11 is 0. The molecule has 2 aliphatic rings. The number of anilines is 2. The summed E-state index contributed by atoms with van der Waals surface area (Å²) in [6.07, 6.45) is 4.46. The highest BCUT2D eigenvalue weighted by Crippen LogP contribution is 2.31. The molecule has 4 aromatic rings. The molecule has 0 aliphatic carbocycles. The predicted octanol–water partition coefficient (Wildman–Crippen LogP) is 2.56. The molecule has 0 saturated carbocycles. The second-order valence-corrected chi connectivity index (χ2v) is 14.1. The Morgan fingerprint density at radius 3 is 2.41 bits per heavy atom. The molecular formula is C34H37FN8O5S. The van der Waals surface area contributed by atoms with E-state index in [9.17, 15) is 18.0 Å². The molecule has 4 heterocycles. The minimum Gasteiger partial charge on any atom is -0.491 e. The van der Waals surface area contributed by atoms with E-state index in [0.29, 0.717) is 17.5 Å². The number of pyridine rings is 1. The second kappa shape index (κ2) is 14.1. The fraction of sp³-hybridized carbons (Fsp3) is 0.324.